The van der Waals surface area contributed by atoms with Gasteiger partial charge in [-0.3, -0.25) is 4.90 Å². The van der Waals surface area contributed by atoms with Crippen LogP contribution in [0.2, 0.25) is 0 Å². The molecule has 1 aliphatic rings. The van der Waals surface area contributed by atoms with E-state index in [1.807, 2.05) is 16.8 Å². The first kappa shape index (κ1) is 11.6. The second-order valence-electron chi connectivity index (χ2n) is 4.74. The van der Waals surface area contributed by atoms with Gasteiger partial charge in [0.15, 0.2) is 11.5 Å². The molecule has 3 heterocycles. The third-order valence-corrected chi connectivity index (χ3v) is 3.28. The van der Waals surface area contributed by atoms with Crippen molar-refractivity contribution in [1.82, 2.24) is 19.5 Å². The highest BCUT2D eigenvalue weighted by Crippen LogP contribution is 2.05. The van der Waals surface area contributed by atoms with Crippen LogP contribution in [0.5, 0.6) is 0 Å². The molecule has 1 aliphatic heterocycles. The highest BCUT2D eigenvalue weighted by molar-refractivity contribution is 5.38. The van der Waals surface area contributed by atoms with Crippen LogP contribution < -0.4 is 0 Å². The van der Waals surface area contributed by atoms with Crippen molar-refractivity contribution in [3.8, 4) is 0 Å². The molecule has 0 atom stereocenters. The third-order valence-electron chi connectivity index (χ3n) is 3.28. The topological polar surface area (TPSA) is 42.7 Å². The van der Waals surface area contributed by atoms with Gasteiger partial charge in [-0.15, -0.1) is 0 Å². The molecule has 0 radical (unpaired) electrons. The largest absolute Gasteiger partial charge is 0.379 e. The Hall–Kier alpha value is -1.46. The average molecular weight is 246 g/mol. The summed E-state index contributed by atoms with van der Waals surface area (Å²) in [6.45, 7) is 6.81. The summed E-state index contributed by atoms with van der Waals surface area (Å²) in [6.07, 6.45) is 2.92. The molecule has 2 aromatic heterocycles. The van der Waals surface area contributed by atoms with Gasteiger partial charge < -0.3 is 4.74 Å². The predicted octanol–water partition coefficient (Wildman–Crippen LogP) is 0.912. The van der Waals surface area contributed by atoms with E-state index >= 15 is 0 Å². The van der Waals surface area contributed by atoms with Gasteiger partial charge >= 0.3 is 0 Å². The van der Waals surface area contributed by atoms with E-state index in [1.165, 1.54) is 5.56 Å². The molecule has 0 saturated carbocycles. The van der Waals surface area contributed by atoms with Gasteiger partial charge in [0.25, 0.3) is 0 Å². The smallest absolute Gasteiger partial charge is 0.155 e. The normalized spacial score (nSPS) is 17.4. The number of fused-ring (bicyclic) bond motifs is 1. The maximum Gasteiger partial charge on any atom is 0.155 e. The molecule has 0 aliphatic carbocycles. The van der Waals surface area contributed by atoms with E-state index in [-0.39, 0.29) is 0 Å². The van der Waals surface area contributed by atoms with Crippen molar-refractivity contribution in [2.75, 3.05) is 32.8 Å². The minimum absolute atomic E-state index is 0.845. The first-order valence-electron chi connectivity index (χ1n) is 6.43. The summed E-state index contributed by atoms with van der Waals surface area (Å²) in [5.41, 5.74) is 2.13. The van der Waals surface area contributed by atoms with Crippen molar-refractivity contribution in [2.45, 2.75) is 13.3 Å². The van der Waals surface area contributed by atoms with Crippen LogP contribution in [-0.4, -0.2) is 52.3 Å². The Bertz CT molecular complexity index is 531. The number of hydrogen-bond donors (Lipinski definition) is 0. The molecule has 5 heteroatoms. The molecule has 0 aromatic carbocycles. The highest BCUT2D eigenvalue weighted by atomic mass is 16.5. The summed E-state index contributed by atoms with van der Waals surface area (Å²) in [5, 5.41) is 4.51. The number of aryl methyl sites for hydroxylation is 1. The van der Waals surface area contributed by atoms with Crippen molar-refractivity contribution < 1.29 is 4.74 Å². The van der Waals surface area contributed by atoms with Gasteiger partial charge in [0.2, 0.25) is 0 Å². The molecule has 96 valence electrons. The Labute approximate surface area is 106 Å². The zero-order valence-corrected chi connectivity index (χ0v) is 10.7. The molecule has 1 saturated heterocycles. The fourth-order valence-corrected chi connectivity index (χ4v) is 2.22. The van der Waals surface area contributed by atoms with Crippen LogP contribution in [0.3, 0.4) is 0 Å². The first-order valence-corrected chi connectivity index (χ1v) is 6.43. The van der Waals surface area contributed by atoms with Crippen LogP contribution in [0.15, 0.2) is 18.3 Å². The predicted molar refractivity (Wildman–Crippen MR) is 68.7 cm³/mol. The van der Waals surface area contributed by atoms with Crippen LogP contribution in [0, 0.1) is 6.92 Å². The number of pyridine rings is 1. The van der Waals surface area contributed by atoms with Crippen molar-refractivity contribution >= 4 is 5.65 Å². The first-order chi connectivity index (χ1) is 8.81. The molecule has 5 nitrogen and oxygen atoms in total. The minimum atomic E-state index is 0.845. The quantitative estimate of drug-likeness (QED) is 0.807. The fourth-order valence-electron chi connectivity index (χ4n) is 2.22. The van der Waals surface area contributed by atoms with E-state index in [9.17, 15) is 0 Å². The summed E-state index contributed by atoms with van der Waals surface area (Å²) in [6, 6.07) is 4.08. The Balaban J connectivity index is 1.67. The van der Waals surface area contributed by atoms with E-state index in [1.54, 1.807) is 0 Å². The molecule has 2 aromatic rings. The molecule has 0 amide bonds. The van der Waals surface area contributed by atoms with Crippen molar-refractivity contribution in [1.29, 1.82) is 0 Å². The lowest BCUT2D eigenvalue weighted by Crippen LogP contribution is -2.37. The van der Waals surface area contributed by atoms with Crippen LogP contribution in [0.25, 0.3) is 5.65 Å². The van der Waals surface area contributed by atoms with E-state index < -0.39 is 0 Å². The zero-order valence-electron chi connectivity index (χ0n) is 10.7. The molecule has 18 heavy (non-hydrogen) atoms. The van der Waals surface area contributed by atoms with Gasteiger partial charge in [0.1, 0.15) is 0 Å². The second kappa shape index (κ2) is 5.04. The van der Waals surface area contributed by atoms with Crippen LogP contribution in [0.4, 0.5) is 0 Å². The number of aromatic nitrogens is 3. The zero-order chi connectivity index (χ0) is 12.4. The Kier molecular flexibility index (Phi) is 3.25. The third kappa shape index (κ3) is 2.52. The molecule has 3 rings (SSSR count). The lowest BCUT2D eigenvalue weighted by molar-refractivity contribution is 0.0382. The van der Waals surface area contributed by atoms with Gasteiger partial charge in [0.05, 0.1) is 13.2 Å². The van der Waals surface area contributed by atoms with Crippen molar-refractivity contribution in [3.05, 3.63) is 29.7 Å². The number of morpholine rings is 1. The molecule has 0 unspecified atom stereocenters. The minimum Gasteiger partial charge on any atom is -0.379 e. The summed E-state index contributed by atoms with van der Waals surface area (Å²) in [5.74, 6) is 0.923. The van der Waals surface area contributed by atoms with E-state index in [0.717, 1.165) is 50.7 Å². The summed E-state index contributed by atoms with van der Waals surface area (Å²) in [4.78, 5) is 6.94. The highest BCUT2D eigenvalue weighted by Gasteiger charge is 2.11. The molecule has 1 fully saturated rings. The van der Waals surface area contributed by atoms with Gasteiger partial charge in [-0.25, -0.2) is 9.50 Å². The standard InChI is InChI=1S/C13H18N4O/c1-11-2-3-13-14-12(15-17(13)10-11)4-5-16-6-8-18-9-7-16/h2-3,10H,4-9H2,1H3. The number of rotatable bonds is 3. The Morgan fingerprint density at radius 3 is 2.94 bits per heavy atom. The second-order valence-corrected chi connectivity index (χ2v) is 4.74. The van der Waals surface area contributed by atoms with Crippen LogP contribution in [0.1, 0.15) is 11.4 Å². The Morgan fingerprint density at radius 1 is 1.28 bits per heavy atom. The average Bonchev–Trinajstić information content (AvgIpc) is 2.79. The van der Waals surface area contributed by atoms with Crippen molar-refractivity contribution in [2.24, 2.45) is 0 Å². The van der Waals surface area contributed by atoms with Gasteiger partial charge in [-0.2, -0.15) is 5.10 Å². The maximum atomic E-state index is 5.34. The Morgan fingerprint density at radius 2 is 2.11 bits per heavy atom. The fraction of sp³-hybridized carbons (Fsp3) is 0.538. The van der Waals surface area contributed by atoms with E-state index in [4.69, 9.17) is 4.74 Å². The lowest BCUT2D eigenvalue weighted by atomic mass is 10.3. The van der Waals surface area contributed by atoms with E-state index in [2.05, 4.69) is 28.0 Å². The monoisotopic (exact) mass is 246 g/mol. The van der Waals surface area contributed by atoms with Crippen LogP contribution >= 0.6 is 0 Å². The van der Waals surface area contributed by atoms with Gasteiger partial charge in [0, 0.05) is 32.3 Å². The molecular weight excluding hydrogens is 228 g/mol. The SMILES string of the molecule is Cc1ccc2nc(CCN3CCOCC3)nn2c1. The van der Waals surface area contributed by atoms with Gasteiger partial charge in [-0.05, 0) is 18.6 Å². The molecule has 0 spiro atoms. The summed E-state index contributed by atoms with van der Waals surface area (Å²) in [7, 11) is 0. The summed E-state index contributed by atoms with van der Waals surface area (Å²) >= 11 is 0. The number of nitrogens with zero attached hydrogens (tertiary/aromatic N) is 4. The van der Waals surface area contributed by atoms with Crippen LogP contribution in [-0.2, 0) is 11.2 Å². The van der Waals surface area contributed by atoms with Crippen molar-refractivity contribution in [3.63, 3.8) is 0 Å². The molecule has 0 N–H and O–H groups in total. The number of ether oxygens (including phenoxy) is 1. The van der Waals surface area contributed by atoms with E-state index in [0.29, 0.717) is 0 Å². The van der Waals surface area contributed by atoms with Gasteiger partial charge in [-0.1, -0.05) is 6.07 Å². The molecule has 0 bridgehead atoms. The lowest BCUT2D eigenvalue weighted by Gasteiger charge is -2.25. The molecular formula is C13H18N4O. The summed E-state index contributed by atoms with van der Waals surface area (Å²) < 4.78 is 7.20. The number of hydrogen-bond acceptors (Lipinski definition) is 4. The maximum absolute atomic E-state index is 5.34.